The first-order valence-electron chi connectivity index (χ1n) is 2.82. The summed E-state index contributed by atoms with van der Waals surface area (Å²) < 4.78 is 12.5. The second kappa shape index (κ2) is 2.63. The Morgan fingerprint density at radius 3 is 2.60 bits per heavy atom. The van der Waals surface area contributed by atoms with Gasteiger partial charge in [0.1, 0.15) is 13.7 Å². The molecule has 3 heteroatoms. The fraction of sp³-hybridized carbons (Fsp3) is 0.143. The van der Waals surface area contributed by atoms with E-state index in [0.717, 1.165) is 5.56 Å². The molecule has 2 radical (unpaired) electrons. The lowest BCUT2D eigenvalue weighted by molar-refractivity contribution is 0.629. The van der Waals surface area contributed by atoms with Crippen LogP contribution in [0.1, 0.15) is 5.56 Å². The highest BCUT2D eigenvalue weighted by Crippen LogP contribution is 2.13. The fourth-order valence-electron chi connectivity index (χ4n) is 0.662. The molecule has 0 N–H and O–H groups in total. The maximum atomic E-state index is 12.5. The largest absolute Gasteiger partial charge is 0.205 e. The molecule has 0 unspecified atom stereocenters. The van der Waals surface area contributed by atoms with Gasteiger partial charge in [-0.2, -0.15) is 0 Å². The molecule has 50 valence electrons. The van der Waals surface area contributed by atoms with Gasteiger partial charge in [0.05, 0.1) is 5.02 Å². The summed E-state index contributed by atoms with van der Waals surface area (Å²) in [4.78, 5) is 0. The topological polar surface area (TPSA) is 0 Å². The Morgan fingerprint density at radius 1 is 1.50 bits per heavy atom. The first-order chi connectivity index (χ1) is 4.61. The van der Waals surface area contributed by atoms with Crippen molar-refractivity contribution >= 4 is 24.9 Å². The van der Waals surface area contributed by atoms with Crippen molar-refractivity contribution in [3.05, 3.63) is 28.5 Å². The lowest BCUT2D eigenvalue weighted by Gasteiger charge is -2.00. The second-order valence-corrected chi connectivity index (χ2v) is 2.53. The molecule has 0 saturated carbocycles. The van der Waals surface area contributed by atoms with Crippen LogP contribution in [-0.2, 0) is 0 Å². The number of aryl methyl sites for hydroxylation is 1. The van der Waals surface area contributed by atoms with Crippen molar-refractivity contribution < 1.29 is 4.39 Å². The molecule has 0 spiro atoms. The van der Waals surface area contributed by atoms with E-state index in [1.54, 1.807) is 6.92 Å². The standard InChI is InChI=1S/C7H5BClF/c1-4-2-6(9)7(10)3-5(4)8/h2-3H,1H3. The predicted octanol–water partition coefficient (Wildman–Crippen LogP) is 1.58. The molecule has 0 heterocycles. The third kappa shape index (κ3) is 1.32. The Morgan fingerprint density at radius 2 is 2.10 bits per heavy atom. The van der Waals surface area contributed by atoms with E-state index in [-0.39, 0.29) is 5.02 Å². The molecular formula is C7H5BClF. The second-order valence-electron chi connectivity index (χ2n) is 2.12. The molecule has 10 heavy (non-hydrogen) atoms. The molecule has 0 saturated heterocycles. The molecule has 1 aromatic carbocycles. The van der Waals surface area contributed by atoms with Crippen LogP contribution in [0.15, 0.2) is 12.1 Å². The van der Waals surface area contributed by atoms with Gasteiger partial charge in [0.15, 0.2) is 0 Å². The Labute approximate surface area is 65.4 Å². The number of hydrogen-bond acceptors (Lipinski definition) is 0. The minimum absolute atomic E-state index is 0.117. The van der Waals surface area contributed by atoms with Crippen LogP contribution in [-0.4, -0.2) is 7.85 Å². The fourth-order valence-corrected chi connectivity index (χ4v) is 0.880. The van der Waals surface area contributed by atoms with Crippen LogP contribution < -0.4 is 5.46 Å². The average Bonchev–Trinajstić information content (AvgIpc) is 1.84. The van der Waals surface area contributed by atoms with Crippen LogP contribution in [0.5, 0.6) is 0 Å². The van der Waals surface area contributed by atoms with E-state index in [2.05, 4.69) is 0 Å². The highest BCUT2D eigenvalue weighted by atomic mass is 35.5. The molecule has 0 bridgehead atoms. The maximum Gasteiger partial charge on any atom is 0.141 e. The molecule has 0 aliphatic carbocycles. The normalized spacial score (nSPS) is 9.90. The summed E-state index contributed by atoms with van der Waals surface area (Å²) in [5.74, 6) is -0.468. The zero-order valence-electron chi connectivity index (χ0n) is 5.49. The summed E-state index contributed by atoms with van der Waals surface area (Å²) in [6.07, 6.45) is 0. The first kappa shape index (κ1) is 7.61. The van der Waals surface area contributed by atoms with Crippen molar-refractivity contribution in [1.82, 2.24) is 0 Å². The lowest BCUT2D eigenvalue weighted by Crippen LogP contribution is -2.07. The van der Waals surface area contributed by atoms with Crippen molar-refractivity contribution in [1.29, 1.82) is 0 Å². The van der Waals surface area contributed by atoms with Gasteiger partial charge in [-0.15, -0.1) is 0 Å². The quantitative estimate of drug-likeness (QED) is 0.498. The zero-order chi connectivity index (χ0) is 7.72. The third-order valence-electron chi connectivity index (χ3n) is 1.31. The Bertz CT molecular complexity index is 210. The summed E-state index contributed by atoms with van der Waals surface area (Å²) in [5, 5.41) is 0.117. The average molecular weight is 154 g/mol. The van der Waals surface area contributed by atoms with E-state index in [4.69, 9.17) is 19.4 Å². The summed E-state index contributed by atoms with van der Waals surface area (Å²) in [6, 6.07) is 2.73. The van der Waals surface area contributed by atoms with Gasteiger partial charge in [0.25, 0.3) is 0 Å². The van der Waals surface area contributed by atoms with Gasteiger partial charge in [-0.1, -0.05) is 22.6 Å². The molecule has 0 amide bonds. The van der Waals surface area contributed by atoms with Crippen molar-refractivity contribution in [2.75, 3.05) is 0 Å². The molecule has 0 aromatic heterocycles. The monoisotopic (exact) mass is 154 g/mol. The summed E-state index contributed by atoms with van der Waals surface area (Å²) >= 11 is 5.46. The molecule has 0 nitrogen and oxygen atoms in total. The van der Waals surface area contributed by atoms with Gasteiger partial charge in [-0.05, 0) is 19.1 Å². The van der Waals surface area contributed by atoms with Crippen LogP contribution in [0.25, 0.3) is 0 Å². The highest BCUT2D eigenvalue weighted by molar-refractivity contribution is 6.35. The Balaban J connectivity index is 3.28. The number of rotatable bonds is 0. The van der Waals surface area contributed by atoms with Crippen molar-refractivity contribution in [3.8, 4) is 0 Å². The Kier molecular flexibility index (Phi) is 2.00. The van der Waals surface area contributed by atoms with Crippen LogP contribution in [0.3, 0.4) is 0 Å². The van der Waals surface area contributed by atoms with Gasteiger partial charge in [-0.25, -0.2) is 4.39 Å². The predicted molar refractivity (Wildman–Crippen MR) is 41.5 cm³/mol. The number of benzene rings is 1. The van der Waals surface area contributed by atoms with E-state index in [1.807, 2.05) is 0 Å². The first-order valence-corrected chi connectivity index (χ1v) is 3.20. The summed E-state index contributed by atoms with van der Waals surface area (Å²) in [5.41, 5.74) is 1.23. The SMILES string of the molecule is [B]c1cc(F)c(Cl)cc1C. The van der Waals surface area contributed by atoms with Crippen LogP contribution in [0.4, 0.5) is 4.39 Å². The molecule has 0 fully saturated rings. The van der Waals surface area contributed by atoms with Crippen molar-refractivity contribution in [3.63, 3.8) is 0 Å². The molecule has 0 atom stereocenters. The van der Waals surface area contributed by atoms with Gasteiger partial charge in [0.2, 0.25) is 0 Å². The van der Waals surface area contributed by atoms with E-state index in [0.29, 0.717) is 5.46 Å². The maximum absolute atomic E-state index is 12.5. The number of halogens is 2. The summed E-state index contributed by atoms with van der Waals surface area (Å²) in [6.45, 7) is 1.78. The van der Waals surface area contributed by atoms with E-state index >= 15 is 0 Å². The molecule has 1 aromatic rings. The molecule has 1 rings (SSSR count). The van der Waals surface area contributed by atoms with Crippen LogP contribution in [0.2, 0.25) is 5.02 Å². The van der Waals surface area contributed by atoms with Gasteiger partial charge in [-0.3, -0.25) is 0 Å². The van der Waals surface area contributed by atoms with Gasteiger partial charge < -0.3 is 0 Å². The molecule has 0 aliphatic heterocycles. The van der Waals surface area contributed by atoms with E-state index < -0.39 is 5.82 Å². The minimum Gasteiger partial charge on any atom is -0.205 e. The molecular weight excluding hydrogens is 149 g/mol. The van der Waals surface area contributed by atoms with E-state index in [1.165, 1.54) is 12.1 Å². The number of hydrogen-bond donors (Lipinski definition) is 0. The third-order valence-corrected chi connectivity index (χ3v) is 1.60. The van der Waals surface area contributed by atoms with Crippen LogP contribution >= 0.6 is 11.6 Å². The smallest absolute Gasteiger partial charge is 0.141 e. The van der Waals surface area contributed by atoms with Crippen LogP contribution in [0, 0.1) is 12.7 Å². The van der Waals surface area contributed by atoms with Gasteiger partial charge >= 0.3 is 0 Å². The van der Waals surface area contributed by atoms with Crippen molar-refractivity contribution in [2.24, 2.45) is 0 Å². The Hall–Kier alpha value is -0.495. The molecule has 0 aliphatic rings. The minimum atomic E-state index is -0.468. The van der Waals surface area contributed by atoms with Gasteiger partial charge in [0, 0.05) is 0 Å². The lowest BCUT2D eigenvalue weighted by atomic mass is 9.91. The van der Waals surface area contributed by atoms with E-state index in [9.17, 15) is 4.39 Å². The zero-order valence-corrected chi connectivity index (χ0v) is 6.24. The van der Waals surface area contributed by atoms with Crippen molar-refractivity contribution in [2.45, 2.75) is 6.92 Å². The highest BCUT2D eigenvalue weighted by Gasteiger charge is 2.00. The summed E-state index contributed by atoms with van der Waals surface area (Å²) in [7, 11) is 5.39.